The fourth-order valence-electron chi connectivity index (χ4n) is 2.96. The summed E-state index contributed by atoms with van der Waals surface area (Å²) in [5, 5.41) is 6.36. The summed E-state index contributed by atoms with van der Waals surface area (Å²) in [7, 11) is 0. The van der Waals surface area contributed by atoms with E-state index in [1.165, 1.54) is 0 Å². The van der Waals surface area contributed by atoms with E-state index >= 15 is 0 Å². The molecule has 0 atom stereocenters. The van der Waals surface area contributed by atoms with Crippen LogP contribution in [0.2, 0.25) is 0 Å². The number of likely N-dealkylation sites (tertiary alicyclic amines) is 1. The van der Waals surface area contributed by atoms with Crippen molar-refractivity contribution >= 4 is 11.8 Å². The predicted octanol–water partition coefficient (Wildman–Crippen LogP) is -0.201. The normalized spacial score (nSPS) is 21.3. The lowest BCUT2D eigenvalue weighted by Crippen LogP contribution is -2.51. The lowest BCUT2D eigenvalue weighted by molar-refractivity contribution is -0.133. The Labute approximate surface area is 127 Å². The molecule has 2 aliphatic rings. The van der Waals surface area contributed by atoms with Crippen LogP contribution >= 0.6 is 0 Å². The van der Waals surface area contributed by atoms with Crippen LogP contribution in [0.1, 0.15) is 32.6 Å². The van der Waals surface area contributed by atoms with Gasteiger partial charge in [0.2, 0.25) is 11.8 Å². The number of nitrogens with zero attached hydrogens (tertiary/aromatic N) is 2. The molecule has 0 radical (unpaired) electrons. The third-order valence-electron chi connectivity index (χ3n) is 4.26. The average molecular weight is 296 g/mol. The summed E-state index contributed by atoms with van der Waals surface area (Å²) in [4.78, 5) is 28.0. The Hall–Kier alpha value is -1.14. The number of piperidine rings is 1. The molecule has 6 heteroatoms. The lowest BCUT2D eigenvalue weighted by atomic mass is 10.0. The second-order valence-electron chi connectivity index (χ2n) is 6.00. The van der Waals surface area contributed by atoms with Gasteiger partial charge in [0, 0.05) is 51.7 Å². The van der Waals surface area contributed by atoms with Crippen LogP contribution in [0, 0.1) is 0 Å². The number of hydrogen-bond donors (Lipinski definition) is 2. The summed E-state index contributed by atoms with van der Waals surface area (Å²) in [6.07, 6.45) is 3.24. The van der Waals surface area contributed by atoms with Gasteiger partial charge in [-0.25, -0.2) is 0 Å². The summed E-state index contributed by atoms with van der Waals surface area (Å²) < 4.78 is 0. The highest BCUT2D eigenvalue weighted by molar-refractivity contribution is 5.78. The second-order valence-corrected chi connectivity index (χ2v) is 6.00. The molecule has 2 rings (SSSR count). The van der Waals surface area contributed by atoms with E-state index in [4.69, 9.17) is 0 Å². The molecule has 0 aromatic rings. The van der Waals surface area contributed by atoms with Gasteiger partial charge in [-0.15, -0.1) is 0 Å². The van der Waals surface area contributed by atoms with Gasteiger partial charge in [-0.05, 0) is 19.3 Å². The molecule has 2 N–H and O–H groups in total. The van der Waals surface area contributed by atoms with E-state index in [0.717, 1.165) is 58.5 Å². The SMILES string of the molecule is CCCC(=O)NC1CCN(C(=O)CN2CCNCC2)CC1. The highest BCUT2D eigenvalue weighted by atomic mass is 16.2. The zero-order valence-electron chi connectivity index (χ0n) is 13.1. The van der Waals surface area contributed by atoms with Crippen LogP contribution in [0.5, 0.6) is 0 Å². The molecule has 0 aromatic heterocycles. The quantitative estimate of drug-likeness (QED) is 0.737. The number of piperazine rings is 1. The van der Waals surface area contributed by atoms with Crippen molar-refractivity contribution in [3.05, 3.63) is 0 Å². The van der Waals surface area contributed by atoms with Gasteiger partial charge in [-0.1, -0.05) is 6.92 Å². The van der Waals surface area contributed by atoms with Crippen LogP contribution in [0.15, 0.2) is 0 Å². The Balaban J connectivity index is 1.67. The maximum Gasteiger partial charge on any atom is 0.236 e. The molecule has 120 valence electrons. The Kier molecular flexibility index (Phi) is 6.45. The fraction of sp³-hybridized carbons (Fsp3) is 0.867. The maximum atomic E-state index is 12.3. The van der Waals surface area contributed by atoms with Gasteiger partial charge < -0.3 is 15.5 Å². The average Bonchev–Trinajstić information content (AvgIpc) is 2.49. The van der Waals surface area contributed by atoms with Gasteiger partial charge in [0.1, 0.15) is 0 Å². The number of carbonyl (C=O) groups excluding carboxylic acids is 2. The molecule has 0 spiro atoms. The number of rotatable bonds is 5. The molecule has 0 aromatic carbocycles. The summed E-state index contributed by atoms with van der Waals surface area (Å²) in [6, 6.07) is 0.243. The Bertz CT molecular complexity index is 348. The molecular weight excluding hydrogens is 268 g/mol. The molecule has 2 saturated heterocycles. The minimum absolute atomic E-state index is 0.142. The molecule has 0 aliphatic carbocycles. The fourth-order valence-corrected chi connectivity index (χ4v) is 2.96. The van der Waals surface area contributed by atoms with Crippen molar-refractivity contribution in [3.8, 4) is 0 Å². The summed E-state index contributed by atoms with van der Waals surface area (Å²) in [6.45, 7) is 7.93. The monoisotopic (exact) mass is 296 g/mol. The Morgan fingerprint density at radius 2 is 1.81 bits per heavy atom. The molecule has 2 fully saturated rings. The number of hydrogen-bond acceptors (Lipinski definition) is 4. The van der Waals surface area contributed by atoms with Crippen molar-refractivity contribution in [2.75, 3.05) is 45.8 Å². The third-order valence-corrected chi connectivity index (χ3v) is 4.26. The summed E-state index contributed by atoms with van der Waals surface area (Å²) >= 11 is 0. The van der Waals surface area contributed by atoms with E-state index in [-0.39, 0.29) is 17.9 Å². The van der Waals surface area contributed by atoms with Gasteiger partial charge in [0.15, 0.2) is 0 Å². The van der Waals surface area contributed by atoms with Gasteiger partial charge in [0.05, 0.1) is 6.54 Å². The first-order valence-corrected chi connectivity index (χ1v) is 8.19. The molecule has 0 bridgehead atoms. The van der Waals surface area contributed by atoms with Gasteiger partial charge in [0.25, 0.3) is 0 Å². The first kappa shape index (κ1) is 16.2. The van der Waals surface area contributed by atoms with E-state index in [9.17, 15) is 9.59 Å². The van der Waals surface area contributed by atoms with E-state index in [1.54, 1.807) is 0 Å². The molecular formula is C15H28N4O2. The molecule has 6 nitrogen and oxygen atoms in total. The molecule has 2 aliphatic heterocycles. The van der Waals surface area contributed by atoms with Crippen molar-refractivity contribution in [2.24, 2.45) is 0 Å². The highest BCUT2D eigenvalue weighted by Gasteiger charge is 2.25. The van der Waals surface area contributed by atoms with Crippen molar-refractivity contribution in [3.63, 3.8) is 0 Å². The summed E-state index contributed by atoms with van der Waals surface area (Å²) in [5.41, 5.74) is 0. The van der Waals surface area contributed by atoms with Crippen molar-refractivity contribution < 1.29 is 9.59 Å². The topological polar surface area (TPSA) is 64.7 Å². The van der Waals surface area contributed by atoms with Crippen LogP contribution in [0.3, 0.4) is 0 Å². The molecule has 0 saturated carbocycles. The smallest absolute Gasteiger partial charge is 0.236 e. The van der Waals surface area contributed by atoms with Crippen molar-refractivity contribution in [1.29, 1.82) is 0 Å². The Morgan fingerprint density at radius 3 is 2.43 bits per heavy atom. The minimum atomic E-state index is 0.142. The molecule has 2 heterocycles. The standard InChI is InChI=1S/C15H28N4O2/c1-2-3-14(20)17-13-4-8-19(9-5-13)15(21)12-18-10-6-16-7-11-18/h13,16H,2-12H2,1H3,(H,17,20). The first-order chi connectivity index (χ1) is 10.2. The van der Waals surface area contributed by atoms with Crippen LogP contribution in [-0.2, 0) is 9.59 Å². The zero-order chi connectivity index (χ0) is 15.1. The minimum Gasteiger partial charge on any atom is -0.353 e. The first-order valence-electron chi connectivity index (χ1n) is 8.19. The largest absolute Gasteiger partial charge is 0.353 e. The van der Waals surface area contributed by atoms with Gasteiger partial charge >= 0.3 is 0 Å². The lowest BCUT2D eigenvalue weighted by Gasteiger charge is -2.34. The Morgan fingerprint density at radius 1 is 1.14 bits per heavy atom. The number of amides is 2. The van der Waals surface area contributed by atoms with E-state index in [1.807, 2.05) is 11.8 Å². The van der Waals surface area contributed by atoms with Crippen molar-refractivity contribution in [1.82, 2.24) is 20.4 Å². The molecule has 2 amide bonds. The van der Waals surface area contributed by atoms with E-state index in [2.05, 4.69) is 15.5 Å². The van der Waals surface area contributed by atoms with Gasteiger partial charge in [-0.3, -0.25) is 14.5 Å². The van der Waals surface area contributed by atoms with E-state index < -0.39 is 0 Å². The van der Waals surface area contributed by atoms with Crippen LogP contribution < -0.4 is 10.6 Å². The van der Waals surface area contributed by atoms with Gasteiger partial charge in [-0.2, -0.15) is 0 Å². The predicted molar refractivity (Wildman–Crippen MR) is 82.0 cm³/mol. The zero-order valence-corrected chi connectivity index (χ0v) is 13.1. The summed E-state index contributed by atoms with van der Waals surface area (Å²) in [5.74, 6) is 0.373. The van der Waals surface area contributed by atoms with E-state index in [0.29, 0.717) is 13.0 Å². The van der Waals surface area contributed by atoms with Crippen LogP contribution in [0.4, 0.5) is 0 Å². The van der Waals surface area contributed by atoms with Crippen LogP contribution in [-0.4, -0.2) is 73.5 Å². The molecule has 21 heavy (non-hydrogen) atoms. The highest BCUT2D eigenvalue weighted by Crippen LogP contribution is 2.11. The maximum absolute atomic E-state index is 12.3. The number of carbonyl (C=O) groups is 2. The van der Waals surface area contributed by atoms with Crippen molar-refractivity contribution in [2.45, 2.75) is 38.6 Å². The third kappa shape index (κ3) is 5.28. The molecule has 0 unspecified atom stereocenters. The van der Waals surface area contributed by atoms with Crippen LogP contribution in [0.25, 0.3) is 0 Å². The second kappa shape index (κ2) is 8.34. The number of nitrogens with one attached hydrogen (secondary N) is 2.